The number of nitrogens with zero attached hydrogens (tertiary/aromatic N) is 1. The lowest BCUT2D eigenvalue weighted by Gasteiger charge is -2.20. The fraction of sp³-hybridized carbons (Fsp3) is 0.600. The summed E-state index contributed by atoms with van der Waals surface area (Å²) in [4.78, 5) is 16.5. The van der Waals surface area contributed by atoms with Gasteiger partial charge in [0.05, 0.1) is 11.3 Å². The molecule has 4 nitrogen and oxygen atoms in total. The third kappa shape index (κ3) is 4.23. The Kier molecular flexibility index (Phi) is 5.80. The number of hydrogen-bond acceptors (Lipinski definition) is 3. The average Bonchev–Trinajstić information content (AvgIpc) is 2.38. The van der Waals surface area contributed by atoms with E-state index in [4.69, 9.17) is 0 Å². The molecule has 106 valence electrons. The molecule has 0 saturated carbocycles. The molecule has 0 bridgehead atoms. The van der Waals surface area contributed by atoms with E-state index in [1.54, 1.807) is 6.20 Å². The number of aryl methyl sites for hydroxylation is 1. The van der Waals surface area contributed by atoms with Crippen LogP contribution in [-0.2, 0) is 0 Å². The molecule has 2 N–H and O–H groups in total. The average molecular weight is 263 g/mol. The monoisotopic (exact) mass is 263 g/mol. The van der Waals surface area contributed by atoms with Gasteiger partial charge in [-0.15, -0.1) is 0 Å². The predicted octanol–water partition coefficient (Wildman–Crippen LogP) is 2.99. The van der Waals surface area contributed by atoms with E-state index in [1.165, 1.54) is 0 Å². The summed E-state index contributed by atoms with van der Waals surface area (Å²) in [6.45, 7) is 11.0. The molecule has 0 aliphatic heterocycles. The van der Waals surface area contributed by atoms with Crippen molar-refractivity contribution in [1.29, 1.82) is 0 Å². The minimum absolute atomic E-state index is 0.0590. The smallest absolute Gasteiger partial charge is 0.255 e. The van der Waals surface area contributed by atoms with Crippen molar-refractivity contribution >= 4 is 11.6 Å². The zero-order chi connectivity index (χ0) is 14.4. The van der Waals surface area contributed by atoms with Gasteiger partial charge in [-0.2, -0.15) is 0 Å². The topological polar surface area (TPSA) is 54.0 Å². The summed E-state index contributed by atoms with van der Waals surface area (Å²) in [7, 11) is 0. The summed E-state index contributed by atoms with van der Waals surface area (Å²) >= 11 is 0. The molecule has 1 aromatic heterocycles. The quantitative estimate of drug-likeness (QED) is 0.829. The van der Waals surface area contributed by atoms with E-state index in [0.717, 1.165) is 24.3 Å². The van der Waals surface area contributed by atoms with E-state index in [2.05, 4.69) is 29.5 Å². The van der Waals surface area contributed by atoms with Gasteiger partial charge in [0.25, 0.3) is 5.91 Å². The predicted molar refractivity (Wildman–Crippen MR) is 79.5 cm³/mol. The lowest BCUT2D eigenvalue weighted by Crippen LogP contribution is -2.37. The maximum atomic E-state index is 12.3. The van der Waals surface area contributed by atoms with Gasteiger partial charge in [-0.1, -0.05) is 20.3 Å². The molecule has 0 aromatic carbocycles. The van der Waals surface area contributed by atoms with Crippen LogP contribution >= 0.6 is 0 Å². The summed E-state index contributed by atoms with van der Waals surface area (Å²) in [5.41, 5.74) is 2.37. The number of nitrogens with one attached hydrogen (secondary N) is 2. The molecule has 0 fully saturated rings. The van der Waals surface area contributed by atoms with Crippen molar-refractivity contribution < 1.29 is 4.79 Å². The second-order valence-electron chi connectivity index (χ2n) is 5.05. The molecule has 1 heterocycles. The molecule has 0 aliphatic carbocycles. The highest BCUT2D eigenvalue weighted by atomic mass is 16.1. The fourth-order valence-electron chi connectivity index (χ4n) is 1.86. The van der Waals surface area contributed by atoms with E-state index < -0.39 is 0 Å². The molecular weight excluding hydrogens is 238 g/mol. The Morgan fingerprint density at radius 2 is 2.05 bits per heavy atom. The van der Waals surface area contributed by atoms with Crippen LogP contribution in [0.5, 0.6) is 0 Å². The number of carbonyl (C=O) groups is 1. The van der Waals surface area contributed by atoms with Gasteiger partial charge in [-0.25, -0.2) is 0 Å². The van der Waals surface area contributed by atoms with Crippen LogP contribution < -0.4 is 10.6 Å². The van der Waals surface area contributed by atoms with E-state index >= 15 is 0 Å². The van der Waals surface area contributed by atoms with Crippen molar-refractivity contribution in [2.75, 3.05) is 11.9 Å². The SMILES string of the molecule is CCNc1cc(C)ncc1C(=O)NC(C)C(C)CC. The standard InChI is InChI=1S/C15H25N3O/c1-6-10(3)12(5)18-15(19)13-9-17-11(4)8-14(13)16-7-2/h8-10,12H,6-7H2,1-5H3,(H,16,17)(H,18,19). The number of aromatic nitrogens is 1. The van der Waals surface area contributed by atoms with Crippen LogP contribution in [0.25, 0.3) is 0 Å². The molecule has 19 heavy (non-hydrogen) atoms. The van der Waals surface area contributed by atoms with E-state index in [9.17, 15) is 4.79 Å². The molecule has 0 saturated heterocycles. The zero-order valence-corrected chi connectivity index (χ0v) is 12.6. The second kappa shape index (κ2) is 7.12. The van der Waals surface area contributed by atoms with Crippen LogP contribution in [0.3, 0.4) is 0 Å². The van der Waals surface area contributed by atoms with Crippen LogP contribution in [0, 0.1) is 12.8 Å². The Morgan fingerprint density at radius 1 is 1.37 bits per heavy atom. The second-order valence-corrected chi connectivity index (χ2v) is 5.05. The van der Waals surface area contributed by atoms with Crippen molar-refractivity contribution in [2.24, 2.45) is 5.92 Å². The van der Waals surface area contributed by atoms with Gasteiger partial charge in [0.15, 0.2) is 0 Å². The molecule has 4 heteroatoms. The Morgan fingerprint density at radius 3 is 2.63 bits per heavy atom. The highest BCUT2D eigenvalue weighted by Gasteiger charge is 2.17. The Hall–Kier alpha value is -1.58. The third-order valence-corrected chi connectivity index (χ3v) is 3.51. The van der Waals surface area contributed by atoms with Crippen molar-refractivity contribution in [3.05, 3.63) is 23.5 Å². The van der Waals surface area contributed by atoms with Gasteiger partial charge in [0.2, 0.25) is 0 Å². The van der Waals surface area contributed by atoms with Crippen LogP contribution in [0.15, 0.2) is 12.3 Å². The molecule has 1 rings (SSSR count). The van der Waals surface area contributed by atoms with E-state index in [-0.39, 0.29) is 11.9 Å². The lowest BCUT2D eigenvalue weighted by molar-refractivity contribution is 0.0928. The number of anilines is 1. The van der Waals surface area contributed by atoms with Crippen molar-refractivity contribution in [3.8, 4) is 0 Å². The Labute approximate surface area is 116 Å². The summed E-state index contributed by atoms with van der Waals surface area (Å²) in [6, 6.07) is 2.07. The van der Waals surface area contributed by atoms with Crippen molar-refractivity contribution in [1.82, 2.24) is 10.3 Å². The number of carbonyl (C=O) groups excluding carboxylic acids is 1. The number of amides is 1. The normalized spacial score (nSPS) is 13.7. The van der Waals surface area contributed by atoms with Crippen LogP contribution in [0.2, 0.25) is 0 Å². The van der Waals surface area contributed by atoms with E-state index in [0.29, 0.717) is 11.5 Å². The number of pyridine rings is 1. The van der Waals surface area contributed by atoms with Gasteiger partial charge in [-0.05, 0) is 32.8 Å². The third-order valence-electron chi connectivity index (χ3n) is 3.51. The first-order valence-corrected chi connectivity index (χ1v) is 7.00. The van der Waals surface area contributed by atoms with E-state index in [1.807, 2.05) is 26.8 Å². The Bertz CT molecular complexity index is 431. The molecule has 0 aliphatic rings. The minimum atomic E-state index is -0.0590. The highest BCUT2D eigenvalue weighted by Crippen LogP contribution is 2.16. The van der Waals surface area contributed by atoms with Gasteiger partial charge >= 0.3 is 0 Å². The summed E-state index contributed by atoms with van der Waals surface area (Å²) in [5.74, 6) is 0.404. The lowest BCUT2D eigenvalue weighted by atomic mass is 10.0. The van der Waals surface area contributed by atoms with Gasteiger partial charge in [0, 0.05) is 24.5 Å². The zero-order valence-electron chi connectivity index (χ0n) is 12.6. The molecular formula is C15H25N3O. The summed E-state index contributed by atoms with van der Waals surface area (Å²) in [5, 5.41) is 6.26. The Balaban J connectivity index is 2.87. The number of hydrogen-bond donors (Lipinski definition) is 2. The van der Waals surface area contributed by atoms with Gasteiger partial charge in [-0.3, -0.25) is 9.78 Å². The minimum Gasteiger partial charge on any atom is -0.385 e. The molecule has 1 aromatic rings. The van der Waals surface area contributed by atoms with Crippen molar-refractivity contribution in [3.63, 3.8) is 0 Å². The molecule has 2 unspecified atom stereocenters. The first kappa shape index (κ1) is 15.5. The van der Waals surface area contributed by atoms with Crippen LogP contribution in [0.1, 0.15) is 50.2 Å². The maximum absolute atomic E-state index is 12.3. The van der Waals surface area contributed by atoms with Gasteiger partial charge in [0.1, 0.15) is 0 Å². The van der Waals surface area contributed by atoms with Crippen molar-refractivity contribution in [2.45, 2.75) is 47.1 Å². The van der Waals surface area contributed by atoms with Crippen LogP contribution in [-0.4, -0.2) is 23.5 Å². The highest BCUT2D eigenvalue weighted by molar-refractivity contribution is 5.99. The summed E-state index contributed by atoms with van der Waals surface area (Å²) in [6.07, 6.45) is 2.69. The first-order chi connectivity index (χ1) is 8.99. The number of rotatable bonds is 6. The largest absolute Gasteiger partial charge is 0.385 e. The summed E-state index contributed by atoms with van der Waals surface area (Å²) < 4.78 is 0. The molecule has 0 radical (unpaired) electrons. The fourth-order valence-corrected chi connectivity index (χ4v) is 1.86. The van der Waals surface area contributed by atoms with Gasteiger partial charge < -0.3 is 10.6 Å². The maximum Gasteiger partial charge on any atom is 0.255 e. The van der Waals surface area contributed by atoms with Crippen LogP contribution in [0.4, 0.5) is 5.69 Å². The molecule has 1 amide bonds. The first-order valence-electron chi connectivity index (χ1n) is 7.00. The molecule has 0 spiro atoms. The molecule has 2 atom stereocenters.